The molecule has 172 valence electrons. The van der Waals surface area contributed by atoms with Gasteiger partial charge in [0.1, 0.15) is 12.4 Å². The van der Waals surface area contributed by atoms with Crippen LogP contribution < -0.4 is 4.74 Å². The third-order valence-electron chi connectivity index (χ3n) is 4.75. The second kappa shape index (κ2) is 9.21. The van der Waals surface area contributed by atoms with Crippen LogP contribution in [-0.2, 0) is 26.1 Å². The van der Waals surface area contributed by atoms with E-state index in [1.165, 1.54) is 25.4 Å². The van der Waals surface area contributed by atoms with E-state index in [0.717, 1.165) is 3.97 Å². The Morgan fingerprint density at radius 1 is 1.12 bits per heavy atom. The number of rotatable bonds is 8. The molecule has 0 amide bonds. The lowest BCUT2D eigenvalue weighted by atomic mass is 10.1. The zero-order chi connectivity index (χ0) is 23.5. The van der Waals surface area contributed by atoms with Crippen molar-refractivity contribution in [2.45, 2.75) is 17.6 Å². The molecule has 0 aliphatic rings. The normalized spacial score (nSPS) is 12.3. The SMILES string of the molecule is COc1cc(CN(C)CCOC(=O)C(F)(F)F)c2ccn(S(=O)(=O)c3ccccc3)c2c1. The highest BCUT2D eigenvalue weighted by molar-refractivity contribution is 7.90. The fourth-order valence-electron chi connectivity index (χ4n) is 3.18. The summed E-state index contributed by atoms with van der Waals surface area (Å²) in [6, 6.07) is 13.0. The van der Waals surface area contributed by atoms with Crippen LogP contribution in [0.3, 0.4) is 0 Å². The molecule has 32 heavy (non-hydrogen) atoms. The lowest BCUT2D eigenvalue weighted by Crippen LogP contribution is -2.29. The van der Waals surface area contributed by atoms with Gasteiger partial charge in [0.05, 0.1) is 17.5 Å². The number of alkyl halides is 3. The Hall–Kier alpha value is -3.05. The van der Waals surface area contributed by atoms with Crippen LogP contribution in [0.15, 0.2) is 59.6 Å². The van der Waals surface area contributed by atoms with E-state index < -0.39 is 28.8 Å². The van der Waals surface area contributed by atoms with Gasteiger partial charge in [0.2, 0.25) is 0 Å². The molecular formula is C21H21F3N2O5S. The molecule has 3 aromatic rings. The minimum atomic E-state index is -5.04. The third kappa shape index (κ3) is 5.05. The van der Waals surface area contributed by atoms with Crippen LogP contribution >= 0.6 is 0 Å². The highest BCUT2D eigenvalue weighted by atomic mass is 32.2. The molecule has 1 heterocycles. The largest absolute Gasteiger partial charge is 0.497 e. The van der Waals surface area contributed by atoms with Gasteiger partial charge in [-0.05, 0) is 36.9 Å². The number of aromatic nitrogens is 1. The number of carbonyl (C=O) groups is 1. The molecule has 2 aromatic carbocycles. The van der Waals surface area contributed by atoms with Gasteiger partial charge in [0.25, 0.3) is 10.0 Å². The summed E-state index contributed by atoms with van der Waals surface area (Å²) in [5.41, 5.74) is 1.10. The van der Waals surface area contributed by atoms with Crippen LogP contribution in [0.2, 0.25) is 0 Å². The minimum Gasteiger partial charge on any atom is -0.497 e. The summed E-state index contributed by atoms with van der Waals surface area (Å²) in [5.74, 6) is -1.81. The number of carbonyl (C=O) groups excluding carboxylic acids is 1. The fraction of sp³-hybridized carbons (Fsp3) is 0.286. The van der Waals surface area contributed by atoms with E-state index in [-0.39, 0.29) is 18.0 Å². The molecule has 0 bridgehead atoms. The van der Waals surface area contributed by atoms with Gasteiger partial charge < -0.3 is 9.47 Å². The van der Waals surface area contributed by atoms with E-state index in [1.807, 2.05) is 0 Å². The maximum absolute atomic E-state index is 13.1. The Morgan fingerprint density at radius 2 is 1.81 bits per heavy atom. The fourth-order valence-corrected chi connectivity index (χ4v) is 4.53. The zero-order valence-corrected chi connectivity index (χ0v) is 18.1. The number of hydrogen-bond donors (Lipinski definition) is 0. The molecule has 3 rings (SSSR count). The molecule has 0 saturated carbocycles. The Labute approximate surface area is 183 Å². The van der Waals surface area contributed by atoms with E-state index in [1.54, 1.807) is 48.3 Å². The standard InChI is InChI=1S/C21H21F3N2O5S/c1-25(10-11-31-20(27)21(22,23)24)14-15-12-16(30-2)13-19-18(15)8-9-26(19)32(28,29)17-6-4-3-5-7-17/h3-9,12-13H,10-11,14H2,1-2H3. The summed E-state index contributed by atoms with van der Waals surface area (Å²) < 4.78 is 73.6. The summed E-state index contributed by atoms with van der Waals surface area (Å²) >= 11 is 0. The van der Waals surface area contributed by atoms with Crippen LogP contribution in [0, 0.1) is 0 Å². The smallest absolute Gasteiger partial charge is 0.490 e. The van der Waals surface area contributed by atoms with E-state index >= 15 is 0 Å². The molecule has 0 unspecified atom stereocenters. The first-order valence-electron chi connectivity index (χ1n) is 9.45. The highest BCUT2D eigenvalue weighted by Gasteiger charge is 2.40. The molecule has 0 aliphatic heterocycles. The van der Waals surface area contributed by atoms with Gasteiger partial charge >= 0.3 is 12.1 Å². The van der Waals surface area contributed by atoms with Gasteiger partial charge in [-0.1, -0.05) is 18.2 Å². The number of benzene rings is 2. The average molecular weight is 470 g/mol. The maximum atomic E-state index is 13.1. The maximum Gasteiger partial charge on any atom is 0.490 e. The summed E-state index contributed by atoms with van der Waals surface area (Å²) in [7, 11) is -0.755. The topological polar surface area (TPSA) is 77.8 Å². The number of fused-ring (bicyclic) bond motifs is 1. The molecule has 1 aromatic heterocycles. The molecule has 0 aliphatic carbocycles. The second-order valence-electron chi connectivity index (χ2n) is 7.02. The Morgan fingerprint density at radius 3 is 2.44 bits per heavy atom. The number of esters is 1. The van der Waals surface area contributed by atoms with Crippen LogP contribution in [0.25, 0.3) is 10.9 Å². The van der Waals surface area contributed by atoms with Gasteiger partial charge in [-0.15, -0.1) is 0 Å². The van der Waals surface area contributed by atoms with E-state index in [2.05, 4.69) is 4.74 Å². The first kappa shape index (κ1) is 23.6. The monoisotopic (exact) mass is 470 g/mol. The van der Waals surface area contributed by atoms with Crippen molar-refractivity contribution in [1.82, 2.24) is 8.87 Å². The van der Waals surface area contributed by atoms with Crippen molar-refractivity contribution < 1.29 is 35.9 Å². The van der Waals surface area contributed by atoms with Gasteiger partial charge in [-0.3, -0.25) is 4.90 Å². The molecule has 0 atom stereocenters. The van der Waals surface area contributed by atoms with Crippen molar-refractivity contribution in [3.05, 3.63) is 60.3 Å². The van der Waals surface area contributed by atoms with Crippen molar-refractivity contribution in [3.8, 4) is 5.75 Å². The van der Waals surface area contributed by atoms with Crippen LogP contribution in [0.1, 0.15) is 5.56 Å². The van der Waals surface area contributed by atoms with Crippen molar-refractivity contribution in [3.63, 3.8) is 0 Å². The van der Waals surface area contributed by atoms with Crippen LogP contribution in [-0.4, -0.2) is 56.7 Å². The number of nitrogens with zero attached hydrogens (tertiary/aromatic N) is 2. The number of ether oxygens (including phenoxy) is 2. The number of halogens is 3. The summed E-state index contributed by atoms with van der Waals surface area (Å²) in [5, 5.41) is 0.643. The summed E-state index contributed by atoms with van der Waals surface area (Å²) in [4.78, 5) is 12.6. The number of methoxy groups -OCH3 is 1. The van der Waals surface area contributed by atoms with Crippen molar-refractivity contribution >= 4 is 26.9 Å². The molecule has 0 saturated heterocycles. The average Bonchev–Trinajstić information content (AvgIpc) is 3.18. The van der Waals surface area contributed by atoms with Crippen molar-refractivity contribution in [2.24, 2.45) is 0 Å². The highest BCUT2D eigenvalue weighted by Crippen LogP contribution is 2.30. The van der Waals surface area contributed by atoms with Crippen molar-refractivity contribution in [1.29, 1.82) is 0 Å². The molecule has 0 fully saturated rings. The zero-order valence-electron chi connectivity index (χ0n) is 17.3. The minimum absolute atomic E-state index is 0.0452. The lowest BCUT2D eigenvalue weighted by molar-refractivity contribution is -0.199. The third-order valence-corrected chi connectivity index (χ3v) is 6.45. The molecule has 0 N–H and O–H groups in total. The lowest BCUT2D eigenvalue weighted by Gasteiger charge is -2.18. The van der Waals surface area contributed by atoms with Gasteiger partial charge in [0.15, 0.2) is 0 Å². The summed E-state index contributed by atoms with van der Waals surface area (Å²) in [6.07, 6.45) is -3.59. The second-order valence-corrected chi connectivity index (χ2v) is 8.84. The Kier molecular flexibility index (Phi) is 6.79. The molecule has 0 radical (unpaired) electrons. The van der Waals surface area contributed by atoms with Gasteiger partial charge in [-0.2, -0.15) is 13.2 Å². The van der Waals surface area contributed by atoms with Gasteiger partial charge in [-0.25, -0.2) is 17.2 Å². The van der Waals surface area contributed by atoms with E-state index in [4.69, 9.17) is 4.74 Å². The first-order chi connectivity index (χ1) is 15.0. The first-order valence-corrected chi connectivity index (χ1v) is 10.9. The van der Waals surface area contributed by atoms with Crippen LogP contribution in [0.4, 0.5) is 13.2 Å². The molecule has 7 nitrogen and oxygen atoms in total. The molecule has 11 heteroatoms. The van der Waals surface area contributed by atoms with E-state index in [0.29, 0.717) is 22.2 Å². The van der Waals surface area contributed by atoms with Gasteiger partial charge in [0, 0.05) is 30.7 Å². The van der Waals surface area contributed by atoms with E-state index in [9.17, 15) is 26.4 Å². The van der Waals surface area contributed by atoms with Crippen molar-refractivity contribution in [2.75, 3.05) is 27.3 Å². The molecule has 0 spiro atoms. The quantitative estimate of drug-likeness (QED) is 0.470. The number of likely N-dealkylation sites (N-methyl/N-ethyl adjacent to an activating group) is 1. The Balaban J connectivity index is 1.87. The predicted molar refractivity (Wildman–Crippen MR) is 111 cm³/mol. The van der Waals surface area contributed by atoms with Crippen LogP contribution in [0.5, 0.6) is 5.75 Å². The summed E-state index contributed by atoms with van der Waals surface area (Å²) in [6.45, 7) is -0.137. The predicted octanol–water partition coefficient (Wildman–Crippen LogP) is 3.42. The molecular weight excluding hydrogens is 449 g/mol. The Bertz CT molecular complexity index is 1210. The number of hydrogen-bond acceptors (Lipinski definition) is 6.